The zero-order valence-corrected chi connectivity index (χ0v) is 12.6. The second-order valence-electron chi connectivity index (χ2n) is 4.62. The summed E-state index contributed by atoms with van der Waals surface area (Å²) < 4.78 is 10.9. The largest absolute Gasteiger partial charge is 0.491 e. The Bertz CT molecular complexity index is 531. The molecule has 21 heavy (non-hydrogen) atoms. The second kappa shape index (κ2) is 8.39. The Balaban J connectivity index is 2.27. The molecule has 2 rings (SSSR count). The van der Waals surface area contributed by atoms with Crippen molar-refractivity contribution in [3.05, 3.63) is 59.9 Å². The molecule has 1 N–H and O–H groups in total. The van der Waals surface area contributed by atoms with E-state index in [9.17, 15) is 0 Å². The van der Waals surface area contributed by atoms with E-state index in [1.165, 1.54) is 0 Å². The molecule has 1 atom stereocenters. The van der Waals surface area contributed by atoms with Gasteiger partial charge in [-0.2, -0.15) is 0 Å². The standard InChI is InChI=1S/C17H22N2O2/c1-3-18-17(15-9-6-7-11-19-15)14-8-4-5-10-16(14)21-13-12-20-2/h4-11,17-18H,3,12-13H2,1-2H3. The van der Waals surface area contributed by atoms with Gasteiger partial charge in [0, 0.05) is 18.9 Å². The van der Waals surface area contributed by atoms with Crippen LogP contribution in [0.15, 0.2) is 48.7 Å². The first kappa shape index (κ1) is 15.5. The van der Waals surface area contributed by atoms with Crippen LogP contribution in [0.3, 0.4) is 0 Å². The minimum absolute atomic E-state index is 0.0231. The van der Waals surface area contributed by atoms with Crippen molar-refractivity contribution in [3.63, 3.8) is 0 Å². The number of nitrogens with zero attached hydrogens (tertiary/aromatic N) is 1. The van der Waals surface area contributed by atoms with E-state index in [-0.39, 0.29) is 6.04 Å². The Morgan fingerprint density at radius 3 is 2.62 bits per heavy atom. The van der Waals surface area contributed by atoms with Gasteiger partial charge in [0.15, 0.2) is 0 Å². The van der Waals surface area contributed by atoms with Gasteiger partial charge in [0.1, 0.15) is 12.4 Å². The van der Waals surface area contributed by atoms with E-state index >= 15 is 0 Å². The molecule has 0 aliphatic rings. The first-order valence-electron chi connectivity index (χ1n) is 7.21. The van der Waals surface area contributed by atoms with Crippen LogP contribution >= 0.6 is 0 Å². The summed E-state index contributed by atoms with van der Waals surface area (Å²) in [6.07, 6.45) is 1.81. The molecule has 0 radical (unpaired) electrons. The van der Waals surface area contributed by atoms with Gasteiger partial charge in [-0.05, 0) is 24.7 Å². The molecular formula is C17H22N2O2. The Labute approximate surface area is 126 Å². The molecule has 0 bridgehead atoms. The monoisotopic (exact) mass is 286 g/mol. The summed E-state index contributed by atoms with van der Waals surface area (Å²) in [6.45, 7) is 4.05. The fourth-order valence-corrected chi connectivity index (χ4v) is 2.21. The van der Waals surface area contributed by atoms with Gasteiger partial charge in [-0.1, -0.05) is 31.2 Å². The van der Waals surface area contributed by atoms with E-state index in [0.29, 0.717) is 13.2 Å². The third kappa shape index (κ3) is 4.28. The highest BCUT2D eigenvalue weighted by atomic mass is 16.5. The maximum Gasteiger partial charge on any atom is 0.124 e. The molecule has 1 aromatic carbocycles. The number of methoxy groups -OCH3 is 1. The molecule has 1 aromatic heterocycles. The molecule has 1 unspecified atom stereocenters. The molecule has 1 heterocycles. The SMILES string of the molecule is CCNC(c1ccccn1)c1ccccc1OCCOC. The maximum absolute atomic E-state index is 5.83. The van der Waals surface area contributed by atoms with Crippen molar-refractivity contribution in [3.8, 4) is 5.75 Å². The second-order valence-corrected chi connectivity index (χ2v) is 4.62. The van der Waals surface area contributed by atoms with Gasteiger partial charge >= 0.3 is 0 Å². The van der Waals surface area contributed by atoms with Gasteiger partial charge in [-0.15, -0.1) is 0 Å². The molecule has 0 fully saturated rings. The van der Waals surface area contributed by atoms with E-state index in [0.717, 1.165) is 23.6 Å². The van der Waals surface area contributed by atoms with Gasteiger partial charge in [-0.25, -0.2) is 0 Å². The van der Waals surface area contributed by atoms with Gasteiger partial charge in [0.05, 0.1) is 18.3 Å². The lowest BCUT2D eigenvalue weighted by atomic mass is 10.0. The molecule has 4 heteroatoms. The van der Waals surface area contributed by atoms with Gasteiger partial charge in [0.2, 0.25) is 0 Å². The molecule has 0 amide bonds. The number of pyridine rings is 1. The van der Waals surface area contributed by atoms with Crippen LogP contribution < -0.4 is 10.1 Å². The molecule has 0 saturated heterocycles. The number of rotatable bonds is 8. The lowest BCUT2D eigenvalue weighted by Gasteiger charge is -2.21. The van der Waals surface area contributed by atoms with Crippen molar-refractivity contribution in [1.82, 2.24) is 10.3 Å². The summed E-state index contributed by atoms with van der Waals surface area (Å²) in [4.78, 5) is 4.47. The summed E-state index contributed by atoms with van der Waals surface area (Å²) in [5.74, 6) is 0.867. The van der Waals surface area contributed by atoms with E-state index in [1.54, 1.807) is 7.11 Å². The van der Waals surface area contributed by atoms with Crippen LogP contribution in [-0.4, -0.2) is 31.9 Å². The topological polar surface area (TPSA) is 43.4 Å². The lowest BCUT2D eigenvalue weighted by Crippen LogP contribution is -2.23. The highest BCUT2D eigenvalue weighted by Gasteiger charge is 2.18. The molecule has 2 aromatic rings. The number of nitrogens with one attached hydrogen (secondary N) is 1. The fraction of sp³-hybridized carbons (Fsp3) is 0.353. The molecule has 0 saturated carbocycles. The summed E-state index contributed by atoms with van der Waals surface area (Å²) in [5, 5.41) is 3.47. The van der Waals surface area contributed by atoms with Crippen LogP contribution in [0, 0.1) is 0 Å². The quantitative estimate of drug-likeness (QED) is 0.758. The van der Waals surface area contributed by atoms with Crippen LogP contribution in [0.4, 0.5) is 0 Å². The number of benzene rings is 1. The molecule has 4 nitrogen and oxygen atoms in total. The average molecular weight is 286 g/mol. The zero-order valence-electron chi connectivity index (χ0n) is 12.6. The van der Waals surface area contributed by atoms with Crippen molar-refractivity contribution in [1.29, 1.82) is 0 Å². The average Bonchev–Trinajstić information content (AvgIpc) is 2.54. The zero-order chi connectivity index (χ0) is 14.9. The third-order valence-electron chi connectivity index (χ3n) is 3.17. The first-order chi connectivity index (χ1) is 10.4. The van der Waals surface area contributed by atoms with Crippen LogP contribution in [0.2, 0.25) is 0 Å². The summed E-state index contributed by atoms with van der Waals surface area (Å²) >= 11 is 0. The van der Waals surface area contributed by atoms with Crippen LogP contribution in [0.5, 0.6) is 5.75 Å². The molecule has 112 valence electrons. The first-order valence-corrected chi connectivity index (χ1v) is 7.21. The normalized spacial score (nSPS) is 12.1. The smallest absolute Gasteiger partial charge is 0.124 e. The summed E-state index contributed by atoms with van der Waals surface area (Å²) in [5.41, 5.74) is 2.08. The van der Waals surface area contributed by atoms with E-state index in [2.05, 4.69) is 23.3 Å². The highest BCUT2D eigenvalue weighted by Crippen LogP contribution is 2.28. The molecular weight excluding hydrogens is 264 g/mol. The van der Waals surface area contributed by atoms with Crippen molar-refractivity contribution in [2.75, 3.05) is 26.9 Å². The number of ether oxygens (including phenoxy) is 2. The number of hydrogen-bond acceptors (Lipinski definition) is 4. The van der Waals surface area contributed by atoms with Crippen molar-refractivity contribution >= 4 is 0 Å². The fourth-order valence-electron chi connectivity index (χ4n) is 2.21. The van der Waals surface area contributed by atoms with Crippen molar-refractivity contribution in [2.45, 2.75) is 13.0 Å². The van der Waals surface area contributed by atoms with Gasteiger partial charge in [0.25, 0.3) is 0 Å². The van der Waals surface area contributed by atoms with Crippen LogP contribution in [0.1, 0.15) is 24.2 Å². The van der Waals surface area contributed by atoms with E-state index < -0.39 is 0 Å². The predicted molar refractivity (Wildman–Crippen MR) is 83.6 cm³/mol. The highest BCUT2D eigenvalue weighted by molar-refractivity contribution is 5.40. The predicted octanol–water partition coefficient (Wildman–Crippen LogP) is 2.81. The van der Waals surface area contributed by atoms with Crippen LogP contribution in [-0.2, 0) is 4.74 Å². The minimum Gasteiger partial charge on any atom is -0.491 e. The Morgan fingerprint density at radius 1 is 1.10 bits per heavy atom. The Hall–Kier alpha value is -1.91. The Morgan fingerprint density at radius 2 is 1.90 bits per heavy atom. The maximum atomic E-state index is 5.83. The van der Waals surface area contributed by atoms with E-state index in [4.69, 9.17) is 9.47 Å². The molecule has 0 aliphatic heterocycles. The lowest BCUT2D eigenvalue weighted by molar-refractivity contribution is 0.145. The number of hydrogen-bond donors (Lipinski definition) is 1. The molecule has 0 spiro atoms. The number of para-hydroxylation sites is 1. The third-order valence-corrected chi connectivity index (χ3v) is 3.17. The summed E-state index contributed by atoms with van der Waals surface area (Å²) in [7, 11) is 1.67. The minimum atomic E-state index is 0.0231. The Kier molecular flexibility index (Phi) is 6.19. The molecule has 0 aliphatic carbocycles. The van der Waals surface area contributed by atoms with Gasteiger partial charge in [-0.3, -0.25) is 4.98 Å². The van der Waals surface area contributed by atoms with Crippen molar-refractivity contribution in [2.24, 2.45) is 0 Å². The van der Waals surface area contributed by atoms with Crippen LogP contribution in [0.25, 0.3) is 0 Å². The van der Waals surface area contributed by atoms with Gasteiger partial charge < -0.3 is 14.8 Å². The summed E-state index contributed by atoms with van der Waals surface area (Å²) in [6, 6.07) is 14.0. The van der Waals surface area contributed by atoms with Crippen molar-refractivity contribution < 1.29 is 9.47 Å². The number of aromatic nitrogens is 1. The van der Waals surface area contributed by atoms with E-state index in [1.807, 2.05) is 42.6 Å².